The number of hydrogen-bond donors (Lipinski definition) is 1. The van der Waals surface area contributed by atoms with Crippen LogP contribution in [-0.4, -0.2) is 16.3 Å². The minimum absolute atomic E-state index is 0.425. The summed E-state index contributed by atoms with van der Waals surface area (Å²) < 4.78 is 0. The summed E-state index contributed by atoms with van der Waals surface area (Å²) in [5, 5.41) is 10.2. The number of aromatic nitrogens is 1. The molecule has 1 atom stereocenters. The Morgan fingerprint density at radius 1 is 1.64 bits per heavy atom. The zero-order chi connectivity index (χ0) is 8.27. The summed E-state index contributed by atoms with van der Waals surface area (Å²) in [7, 11) is 0. The molecule has 0 aliphatic rings. The summed E-state index contributed by atoms with van der Waals surface area (Å²) in [6.07, 6.45) is 3.26. The lowest BCUT2D eigenvalue weighted by molar-refractivity contribution is 0.195. The molecule has 0 saturated heterocycles. The number of aliphatic hydroxyl groups excluding tert-OH is 1. The van der Waals surface area contributed by atoms with E-state index in [0.717, 1.165) is 10.6 Å². The monoisotopic (exact) mass is 169 g/mol. The Balaban J connectivity index is 3.02. The van der Waals surface area contributed by atoms with Crippen LogP contribution in [0.5, 0.6) is 0 Å². The average molecular weight is 169 g/mol. The summed E-state index contributed by atoms with van der Waals surface area (Å²) in [5.74, 6) is 0. The van der Waals surface area contributed by atoms with Crippen LogP contribution in [0.4, 0.5) is 0 Å². The minimum atomic E-state index is -0.425. The smallest absolute Gasteiger partial charge is 0.101 e. The van der Waals surface area contributed by atoms with E-state index >= 15 is 0 Å². The number of nitrogens with zero attached hydrogens (tertiary/aromatic N) is 1. The van der Waals surface area contributed by atoms with E-state index in [1.165, 1.54) is 0 Å². The summed E-state index contributed by atoms with van der Waals surface area (Å²) in [5.41, 5.74) is 0.903. The summed E-state index contributed by atoms with van der Waals surface area (Å²) >= 11 is 1.55. The molecule has 0 radical (unpaired) electrons. The number of pyridine rings is 1. The molecule has 11 heavy (non-hydrogen) atoms. The third-order valence-electron chi connectivity index (χ3n) is 1.44. The minimum Gasteiger partial charge on any atom is -0.389 e. The van der Waals surface area contributed by atoms with Gasteiger partial charge in [0.2, 0.25) is 0 Å². The van der Waals surface area contributed by atoms with Crippen molar-refractivity contribution >= 4 is 11.8 Å². The van der Waals surface area contributed by atoms with Gasteiger partial charge in [-0.05, 0) is 19.2 Å². The molecule has 1 rings (SSSR count). The number of thioether (sulfide) groups is 1. The van der Waals surface area contributed by atoms with Gasteiger partial charge in [-0.3, -0.25) is 0 Å². The lowest BCUT2D eigenvalue weighted by Gasteiger charge is -2.07. The Morgan fingerprint density at radius 3 is 2.82 bits per heavy atom. The van der Waals surface area contributed by atoms with Gasteiger partial charge in [0.25, 0.3) is 0 Å². The van der Waals surface area contributed by atoms with Crippen LogP contribution in [-0.2, 0) is 0 Å². The fraction of sp³-hybridized carbons (Fsp3) is 0.375. The first kappa shape index (κ1) is 8.56. The second kappa shape index (κ2) is 3.74. The summed E-state index contributed by atoms with van der Waals surface area (Å²) in [4.78, 5) is 4.12. The predicted octanol–water partition coefficient (Wildman–Crippen LogP) is 1.86. The van der Waals surface area contributed by atoms with Crippen molar-refractivity contribution in [2.75, 3.05) is 6.26 Å². The Kier molecular flexibility index (Phi) is 2.91. The van der Waals surface area contributed by atoms with E-state index in [2.05, 4.69) is 4.98 Å². The van der Waals surface area contributed by atoms with E-state index in [4.69, 9.17) is 0 Å². The zero-order valence-electron chi connectivity index (χ0n) is 6.61. The molecule has 0 aliphatic heterocycles. The second-order valence-corrected chi connectivity index (χ2v) is 3.07. The van der Waals surface area contributed by atoms with Gasteiger partial charge in [0, 0.05) is 11.8 Å². The molecule has 0 fully saturated rings. The highest BCUT2D eigenvalue weighted by atomic mass is 32.2. The van der Waals surface area contributed by atoms with Gasteiger partial charge < -0.3 is 5.11 Å². The van der Waals surface area contributed by atoms with Gasteiger partial charge in [0.15, 0.2) is 0 Å². The van der Waals surface area contributed by atoms with Crippen LogP contribution in [0.25, 0.3) is 0 Å². The first-order valence-corrected chi connectivity index (χ1v) is 4.65. The van der Waals surface area contributed by atoms with Gasteiger partial charge in [-0.1, -0.05) is 6.07 Å². The van der Waals surface area contributed by atoms with E-state index in [0.29, 0.717) is 0 Å². The highest BCUT2D eigenvalue weighted by Gasteiger charge is 2.05. The molecule has 1 aromatic rings. The lowest BCUT2D eigenvalue weighted by atomic mass is 10.2. The topological polar surface area (TPSA) is 33.1 Å². The van der Waals surface area contributed by atoms with Crippen LogP contribution in [0, 0.1) is 0 Å². The molecular weight excluding hydrogens is 158 g/mol. The van der Waals surface area contributed by atoms with E-state index in [1.807, 2.05) is 18.4 Å². The van der Waals surface area contributed by atoms with Crippen LogP contribution in [0.2, 0.25) is 0 Å². The van der Waals surface area contributed by atoms with Crippen molar-refractivity contribution in [3.8, 4) is 0 Å². The normalized spacial score (nSPS) is 13.0. The Morgan fingerprint density at radius 2 is 2.36 bits per heavy atom. The van der Waals surface area contributed by atoms with Crippen LogP contribution in [0.15, 0.2) is 23.4 Å². The number of hydrogen-bond acceptors (Lipinski definition) is 3. The zero-order valence-corrected chi connectivity index (χ0v) is 7.43. The third kappa shape index (κ3) is 1.94. The maximum absolute atomic E-state index is 9.28. The van der Waals surface area contributed by atoms with E-state index in [1.54, 1.807) is 24.9 Å². The van der Waals surface area contributed by atoms with Crippen LogP contribution in [0.3, 0.4) is 0 Å². The van der Waals surface area contributed by atoms with Crippen LogP contribution in [0.1, 0.15) is 18.6 Å². The van der Waals surface area contributed by atoms with Gasteiger partial charge in [-0.25, -0.2) is 4.98 Å². The van der Waals surface area contributed by atoms with Crippen molar-refractivity contribution in [3.63, 3.8) is 0 Å². The summed E-state index contributed by atoms with van der Waals surface area (Å²) in [6, 6.07) is 3.73. The lowest BCUT2D eigenvalue weighted by Crippen LogP contribution is -1.94. The van der Waals surface area contributed by atoms with Crippen molar-refractivity contribution in [3.05, 3.63) is 23.9 Å². The Labute approximate surface area is 70.7 Å². The quantitative estimate of drug-likeness (QED) is 0.686. The first-order chi connectivity index (χ1) is 5.25. The fourth-order valence-electron chi connectivity index (χ4n) is 0.892. The molecule has 60 valence electrons. The van der Waals surface area contributed by atoms with Crippen LogP contribution < -0.4 is 0 Å². The van der Waals surface area contributed by atoms with E-state index in [9.17, 15) is 5.11 Å². The fourth-order valence-corrected chi connectivity index (χ4v) is 1.53. The molecule has 0 spiro atoms. The first-order valence-electron chi connectivity index (χ1n) is 3.42. The van der Waals surface area contributed by atoms with Crippen molar-refractivity contribution in [1.82, 2.24) is 4.98 Å². The molecule has 1 N–H and O–H groups in total. The number of aliphatic hydroxyl groups is 1. The molecule has 0 saturated carbocycles. The standard InChI is InChI=1S/C8H11NOS/c1-6(10)7-4-3-5-9-8(7)11-2/h3-6,10H,1-2H3/t6-/m0/s1. The van der Waals surface area contributed by atoms with Gasteiger partial charge in [0.1, 0.15) is 5.03 Å². The second-order valence-electron chi connectivity index (χ2n) is 2.28. The van der Waals surface area contributed by atoms with Gasteiger partial charge in [0.05, 0.1) is 6.10 Å². The van der Waals surface area contributed by atoms with Gasteiger partial charge >= 0.3 is 0 Å². The average Bonchev–Trinajstić information content (AvgIpc) is 2.04. The van der Waals surface area contributed by atoms with Gasteiger partial charge in [-0.15, -0.1) is 11.8 Å². The molecular formula is C8H11NOS. The van der Waals surface area contributed by atoms with Crippen molar-refractivity contribution in [2.24, 2.45) is 0 Å². The molecule has 1 heterocycles. The third-order valence-corrected chi connectivity index (χ3v) is 2.17. The SMILES string of the molecule is CSc1ncccc1[C@H](C)O. The molecule has 0 amide bonds. The molecule has 0 unspecified atom stereocenters. The maximum atomic E-state index is 9.28. The Hall–Kier alpha value is -0.540. The molecule has 3 heteroatoms. The highest BCUT2D eigenvalue weighted by Crippen LogP contribution is 2.22. The van der Waals surface area contributed by atoms with Crippen molar-refractivity contribution in [2.45, 2.75) is 18.1 Å². The molecule has 2 nitrogen and oxygen atoms in total. The van der Waals surface area contributed by atoms with Crippen molar-refractivity contribution in [1.29, 1.82) is 0 Å². The summed E-state index contributed by atoms with van der Waals surface area (Å²) in [6.45, 7) is 1.75. The largest absolute Gasteiger partial charge is 0.389 e. The molecule has 0 bridgehead atoms. The predicted molar refractivity (Wildman–Crippen MR) is 46.7 cm³/mol. The number of rotatable bonds is 2. The Bertz CT molecular complexity index is 237. The maximum Gasteiger partial charge on any atom is 0.101 e. The highest BCUT2D eigenvalue weighted by molar-refractivity contribution is 7.98. The van der Waals surface area contributed by atoms with Crippen LogP contribution >= 0.6 is 11.8 Å². The molecule has 0 aromatic carbocycles. The van der Waals surface area contributed by atoms with Crippen molar-refractivity contribution < 1.29 is 5.11 Å². The molecule has 0 aliphatic carbocycles. The van der Waals surface area contributed by atoms with E-state index < -0.39 is 6.10 Å². The van der Waals surface area contributed by atoms with Gasteiger partial charge in [-0.2, -0.15) is 0 Å². The molecule has 1 aromatic heterocycles. The van der Waals surface area contributed by atoms with E-state index in [-0.39, 0.29) is 0 Å².